The van der Waals surface area contributed by atoms with Crippen molar-refractivity contribution in [1.82, 2.24) is 24.5 Å². The van der Waals surface area contributed by atoms with E-state index in [4.69, 9.17) is 0 Å². The zero-order chi connectivity index (χ0) is 9.97. The van der Waals surface area contributed by atoms with Crippen molar-refractivity contribution in [3.8, 4) is 0 Å². The third-order valence-corrected chi connectivity index (χ3v) is 1.96. The molecule has 0 aliphatic heterocycles. The first-order valence-electron chi connectivity index (χ1n) is 4.31. The summed E-state index contributed by atoms with van der Waals surface area (Å²) in [6.07, 6.45) is 5.23. The minimum absolute atomic E-state index is 0.655. The summed E-state index contributed by atoms with van der Waals surface area (Å²) in [7, 11) is 3.75. The van der Waals surface area contributed by atoms with Crippen LogP contribution in [0.2, 0.25) is 0 Å². The lowest BCUT2D eigenvalue weighted by Gasteiger charge is -2.01. The van der Waals surface area contributed by atoms with E-state index in [1.807, 2.05) is 20.3 Å². The maximum atomic E-state index is 4.10. The molecule has 74 valence electrons. The van der Waals surface area contributed by atoms with Crippen LogP contribution in [0, 0.1) is 0 Å². The highest BCUT2D eigenvalue weighted by Crippen LogP contribution is 2.04. The van der Waals surface area contributed by atoms with Gasteiger partial charge in [-0.05, 0) is 0 Å². The van der Waals surface area contributed by atoms with Gasteiger partial charge >= 0.3 is 0 Å². The molecule has 14 heavy (non-hydrogen) atoms. The monoisotopic (exact) mass is 192 g/mol. The first kappa shape index (κ1) is 8.74. The van der Waals surface area contributed by atoms with E-state index in [2.05, 4.69) is 20.5 Å². The van der Waals surface area contributed by atoms with Gasteiger partial charge in [0.05, 0.1) is 18.4 Å². The Kier molecular flexibility index (Phi) is 2.18. The summed E-state index contributed by atoms with van der Waals surface area (Å²) < 4.78 is 3.49. The smallest absolute Gasteiger partial charge is 0.145 e. The lowest BCUT2D eigenvalue weighted by atomic mass is 10.5. The molecule has 0 unspecified atom stereocenters. The Labute approximate surface area is 81.6 Å². The largest absolute Gasteiger partial charge is 0.375 e. The summed E-state index contributed by atoms with van der Waals surface area (Å²) >= 11 is 0. The SMILES string of the molecule is Cn1cc(NCc2ncnn2C)cn1. The molecule has 0 spiro atoms. The van der Waals surface area contributed by atoms with E-state index in [1.165, 1.54) is 0 Å². The number of nitrogens with zero attached hydrogens (tertiary/aromatic N) is 5. The van der Waals surface area contributed by atoms with E-state index < -0.39 is 0 Å². The fourth-order valence-corrected chi connectivity index (χ4v) is 1.17. The number of aromatic nitrogens is 5. The van der Waals surface area contributed by atoms with Crippen LogP contribution in [0.4, 0.5) is 5.69 Å². The summed E-state index contributed by atoms with van der Waals surface area (Å²) in [5.74, 6) is 0.897. The molecule has 6 heteroatoms. The third-order valence-electron chi connectivity index (χ3n) is 1.96. The van der Waals surface area contributed by atoms with Crippen LogP contribution in [-0.2, 0) is 20.6 Å². The van der Waals surface area contributed by atoms with Crippen LogP contribution in [0.3, 0.4) is 0 Å². The van der Waals surface area contributed by atoms with Gasteiger partial charge in [-0.3, -0.25) is 9.36 Å². The molecule has 0 aliphatic rings. The van der Waals surface area contributed by atoms with E-state index in [0.29, 0.717) is 6.54 Å². The summed E-state index contributed by atoms with van der Waals surface area (Å²) in [5.41, 5.74) is 0.982. The van der Waals surface area contributed by atoms with Crippen molar-refractivity contribution >= 4 is 5.69 Å². The van der Waals surface area contributed by atoms with Crippen molar-refractivity contribution < 1.29 is 0 Å². The Balaban J connectivity index is 1.98. The molecule has 0 aromatic carbocycles. The average Bonchev–Trinajstić information content (AvgIpc) is 2.72. The molecule has 2 aromatic rings. The van der Waals surface area contributed by atoms with E-state index in [1.54, 1.807) is 21.9 Å². The van der Waals surface area contributed by atoms with Crippen molar-refractivity contribution in [2.45, 2.75) is 6.54 Å². The van der Waals surface area contributed by atoms with Gasteiger partial charge < -0.3 is 5.32 Å². The van der Waals surface area contributed by atoms with Crippen molar-refractivity contribution in [1.29, 1.82) is 0 Å². The fourth-order valence-electron chi connectivity index (χ4n) is 1.17. The topological polar surface area (TPSA) is 60.6 Å². The molecule has 0 radical (unpaired) electrons. The van der Waals surface area contributed by atoms with Gasteiger partial charge in [-0.1, -0.05) is 0 Å². The summed E-state index contributed by atoms with van der Waals surface area (Å²) in [5, 5.41) is 11.2. The van der Waals surface area contributed by atoms with Crippen LogP contribution in [-0.4, -0.2) is 24.5 Å². The van der Waals surface area contributed by atoms with E-state index in [9.17, 15) is 0 Å². The van der Waals surface area contributed by atoms with Crippen LogP contribution >= 0.6 is 0 Å². The predicted octanol–water partition coefficient (Wildman–Crippen LogP) is 0.161. The first-order valence-corrected chi connectivity index (χ1v) is 4.31. The zero-order valence-electron chi connectivity index (χ0n) is 8.18. The van der Waals surface area contributed by atoms with E-state index in [0.717, 1.165) is 11.5 Å². The summed E-state index contributed by atoms with van der Waals surface area (Å²) in [6.45, 7) is 0.655. The molecule has 0 atom stereocenters. The third kappa shape index (κ3) is 1.73. The molecule has 2 heterocycles. The van der Waals surface area contributed by atoms with Gasteiger partial charge in [0, 0.05) is 20.3 Å². The van der Waals surface area contributed by atoms with Crippen LogP contribution in [0.15, 0.2) is 18.7 Å². The second kappa shape index (κ2) is 3.49. The molecule has 6 nitrogen and oxygen atoms in total. The Morgan fingerprint density at radius 3 is 2.79 bits per heavy atom. The van der Waals surface area contributed by atoms with Crippen molar-refractivity contribution in [3.63, 3.8) is 0 Å². The van der Waals surface area contributed by atoms with Gasteiger partial charge in [-0.2, -0.15) is 10.2 Å². The standard InChI is InChI=1S/C8H12N6/c1-13-5-7(3-11-13)9-4-8-10-6-12-14(8)2/h3,5-6,9H,4H2,1-2H3. The average molecular weight is 192 g/mol. The normalized spacial score (nSPS) is 10.4. The van der Waals surface area contributed by atoms with Crippen LogP contribution < -0.4 is 5.32 Å². The molecule has 0 saturated carbocycles. The molecule has 0 saturated heterocycles. The maximum Gasteiger partial charge on any atom is 0.145 e. The van der Waals surface area contributed by atoms with Gasteiger partial charge in [0.2, 0.25) is 0 Å². The van der Waals surface area contributed by atoms with Crippen molar-refractivity contribution in [3.05, 3.63) is 24.5 Å². The second-order valence-corrected chi connectivity index (χ2v) is 3.06. The van der Waals surface area contributed by atoms with Gasteiger partial charge in [0.25, 0.3) is 0 Å². The summed E-state index contributed by atoms with van der Waals surface area (Å²) in [6, 6.07) is 0. The summed E-state index contributed by atoms with van der Waals surface area (Å²) in [4.78, 5) is 4.10. The van der Waals surface area contributed by atoms with Crippen molar-refractivity contribution in [2.24, 2.45) is 14.1 Å². The minimum atomic E-state index is 0.655. The molecule has 0 aliphatic carbocycles. The number of rotatable bonds is 3. The first-order chi connectivity index (χ1) is 6.75. The number of hydrogen-bond donors (Lipinski definition) is 1. The highest BCUT2D eigenvalue weighted by Gasteiger charge is 2.00. The molecular formula is C8H12N6. The minimum Gasteiger partial charge on any atom is -0.375 e. The molecule has 0 fully saturated rings. The fraction of sp³-hybridized carbons (Fsp3) is 0.375. The second-order valence-electron chi connectivity index (χ2n) is 3.06. The lowest BCUT2D eigenvalue weighted by Crippen LogP contribution is -2.06. The molecular weight excluding hydrogens is 180 g/mol. The highest BCUT2D eigenvalue weighted by atomic mass is 15.3. The molecule has 2 rings (SSSR count). The maximum absolute atomic E-state index is 4.10. The van der Waals surface area contributed by atoms with Gasteiger partial charge in [-0.15, -0.1) is 0 Å². The van der Waals surface area contributed by atoms with Gasteiger partial charge in [0.1, 0.15) is 12.2 Å². The molecule has 0 bridgehead atoms. The Morgan fingerprint density at radius 1 is 1.36 bits per heavy atom. The molecule has 0 amide bonds. The number of aryl methyl sites for hydroxylation is 2. The number of hydrogen-bond acceptors (Lipinski definition) is 4. The van der Waals surface area contributed by atoms with E-state index >= 15 is 0 Å². The number of anilines is 1. The Bertz CT molecular complexity index is 415. The lowest BCUT2D eigenvalue weighted by molar-refractivity contribution is 0.712. The van der Waals surface area contributed by atoms with Crippen LogP contribution in [0.25, 0.3) is 0 Å². The molecule has 1 N–H and O–H groups in total. The van der Waals surface area contributed by atoms with Crippen molar-refractivity contribution in [2.75, 3.05) is 5.32 Å². The zero-order valence-corrected chi connectivity index (χ0v) is 8.18. The molecule has 2 aromatic heterocycles. The van der Waals surface area contributed by atoms with Crippen LogP contribution in [0.1, 0.15) is 5.82 Å². The predicted molar refractivity (Wildman–Crippen MR) is 51.5 cm³/mol. The van der Waals surface area contributed by atoms with Crippen LogP contribution in [0.5, 0.6) is 0 Å². The number of nitrogens with one attached hydrogen (secondary N) is 1. The quantitative estimate of drug-likeness (QED) is 0.752. The van der Waals surface area contributed by atoms with Gasteiger partial charge in [-0.25, -0.2) is 4.98 Å². The Hall–Kier alpha value is -1.85. The Morgan fingerprint density at radius 2 is 2.21 bits per heavy atom. The van der Waals surface area contributed by atoms with Gasteiger partial charge in [0.15, 0.2) is 0 Å². The highest BCUT2D eigenvalue weighted by molar-refractivity contribution is 5.37. The van der Waals surface area contributed by atoms with E-state index in [-0.39, 0.29) is 0 Å².